The molecule has 1 fully saturated rings. The summed E-state index contributed by atoms with van der Waals surface area (Å²) >= 11 is 1.80. The number of carbonyl (C=O) groups is 1. The summed E-state index contributed by atoms with van der Waals surface area (Å²) in [6, 6.07) is 4.39. The number of hydrogen-bond donors (Lipinski definition) is 2. The number of carbonyl (C=O) groups excluding carboxylic acids is 1. The van der Waals surface area contributed by atoms with Gasteiger partial charge in [-0.1, -0.05) is 6.42 Å². The lowest BCUT2D eigenvalue weighted by Crippen LogP contribution is -2.40. The fourth-order valence-electron chi connectivity index (χ4n) is 2.40. The normalized spacial score (nSPS) is 15.9. The Hall–Kier alpha value is -1.76. The summed E-state index contributed by atoms with van der Waals surface area (Å²) < 4.78 is 0.164. The van der Waals surface area contributed by atoms with Crippen LogP contribution in [0.1, 0.15) is 29.6 Å². The molecule has 0 bridgehead atoms. The van der Waals surface area contributed by atoms with Crippen molar-refractivity contribution < 1.29 is 9.72 Å². The van der Waals surface area contributed by atoms with Gasteiger partial charge in [-0.15, -0.1) is 0 Å². The van der Waals surface area contributed by atoms with E-state index in [9.17, 15) is 14.9 Å². The van der Waals surface area contributed by atoms with Gasteiger partial charge in [0.15, 0.2) is 0 Å². The molecule has 0 heterocycles. The number of nitrogens with zero attached hydrogens (tertiary/aromatic N) is 1. The van der Waals surface area contributed by atoms with Gasteiger partial charge in [-0.05, 0) is 31.2 Å². The highest BCUT2D eigenvalue weighted by Crippen LogP contribution is 2.43. The van der Waals surface area contributed by atoms with Gasteiger partial charge in [-0.2, -0.15) is 11.8 Å². The van der Waals surface area contributed by atoms with Crippen LogP contribution in [0.5, 0.6) is 0 Å². The van der Waals surface area contributed by atoms with Gasteiger partial charge in [0.2, 0.25) is 0 Å². The molecule has 1 amide bonds. The van der Waals surface area contributed by atoms with Gasteiger partial charge in [0, 0.05) is 30.0 Å². The number of amides is 1. The molecule has 2 rings (SSSR count). The molecule has 6 nitrogen and oxygen atoms in total. The number of nitrogens with one attached hydrogen (secondary N) is 2. The second-order valence-corrected chi connectivity index (χ2v) is 6.44. The zero-order valence-electron chi connectivity index (χ0n) is 12.1. The van der Waals surface area contributed by atoms with Gasteiger partial charge in [0.05, 0.1) is 4.92 Å². The van der Waals surface area contributed by atoms with Crippen molar-refractivity contribution in [3.05, 3.63) is 33.9 Å². The van der Waals surface area contributed by atoms with Crippen LogP contribution in [0.2, 0.25) is 0 Å². The minimum atomic E-state index is -0.428. The maximum Gasteiger partial charge on any atom is 0.292 e. The van der Waals surface area contributed by atoms with Crippen LogP contribution in [0.3, 0.4) is 0 Å². The lowest BCUT2D eigenvalue weighted by molar-refractivity contribution is -0.384. The Kier molecular flexibility index (Phi) is 4.72. The number of nitro benzene ring substituents is 1. The highest BCUT2D eigenvalue weighted by Gasteiger charge is 2.36. The lowest BCUT2D eigenvalue weighted by atomic mass is 9.84. The average Bonchev–Trinajstić information content (AvgIpc) is 2.45. The Morgan fingerprint density at radius 1 is 1.48 bits per heavy atom. The van der Waals surface area contributed by atoms with Crippen LogP contribution in [0.25, 0.3) is 0 Å². The van der Waals surface area contributed by atoms with E-state index in [1.165, 1.54) is 25.6 Å². The molecule has 1 saturated carbocycles. The molecule has 0 unspecified atom stereocenters. The van der Waals surface area contributed by atoms with Crippen LogP contribution in [-0.2, 0) is 0 Å². The van der Waals surface area contributed by atoms with Crippen molar-refractivity contribution in [3.63, 3.8) is 0 Å². The molecular weight excluding hydrogens is 290 g/mol. The Labute approximate surface area is 127 Å². The summed E-state index contributed by atoms with van der Waals surface area (Å²) in [4.78, 5) is 22.3. The summed E-state index contributed by atoms with van der Waals surface area (Å²) in [7, 11) is 1.54. The Balaban J connectivity index is 2.22. The second-order valence-electron chi connectivity index (χ2n) is 5.16. The fourth-order valence-corrected chi connectivity index (χ4v) is 3.32. The summed E-state index contributed by atoms with van der Waals surface area (Å²) in [6.07, 6.45) is 5.49. The number of hydrogen-bond acceptors (Lipinski definition) is 5. The van der Waals surface area contributed by atoms with E-state index in [1.807, 2.05) is 0 Å². The molecule has 0 aliphatic heterocycles. The number of rotatable bonds is 6. The second kappa shape index (κ2) is 6.34. The number of benzene rings is 1. The third-order valence-electron chi connectivity index (χ3n) is 3.98. The van der Waals surface area contributed by atoms with Crippen molar-refractivity contribution in [3.8, 4) is 0 Å². The summed E-state index contributed by atoms with van der Waals surface area (Å²) in [6.45, 7) is 0.673. The maximum atomic E-state index is 11.7. The molecule has 0 radical (unpaired) electrons. The number of thioether (sulfide) groups is 1. The Bertz CT molecular complexity index is 553. The number of nitro groups is 1. The minimum absolute atomic E-state index is 0.00164. The van der Waals surface area contributed by atoms with Crippen molar-refractivity contribution in [2.24, 2.45) is 0 Å². The summed E-state index contributed by atoms with van der Waals surface area (Å²) in [5.74, 6) is -0.254. The van der Waals surface area contributed by atoms with Crippen molar-refractivity contribution >= 4 is 29.0 Å². The van der Waals surface area contributed by atoms with Gasteiger partial charge in [-0.3, -0.25) is 14.9 Å². The van der Waals surface area contributed by atoms with Gasteiger partial charge in [0.25, 0.3) is 11.6 Å². The van der Waals surface area contributed by atoms with E-state index in [0.717, 1.165) is 12.8 Å². The Morgan fingerprint density at radius 3 is 2.67 bits per heavy atom. The van der Waals surface area contributed by atoms with Gasteiger partial charge < -0.3 is 10.6 Å². The maximum absolute atomic E-state index is 11.7. The van der Waals surface area contributed by atoms with Crippen LogP contribution in [-0.4, -0.2) is 35.4 Å². The molecule has 0 spiro atoms. The quantitative estimate of drug-likeness (QED) is 0.623. The molecule has 0 atom stereocenters. The molecule has 2 N–H and O–H groups in total. The van der Waals surface area contributed by atoms with Crippen molar-refractivity contribution in [1.82, 2.24) is 5.32 Å². The molecule has 21 heavy (non-hydrogen) atoms. The smallest absolute Gasteiger partial charge is 0.292 e. The topological polar surface area (TPSA) is 84.3 Å². The van der Waals surface area contributed by atoms with Crippen LogP contribution in [0.4, 0.5) is 11.4 Å². The third kappa shape index (κ3) is 3.29. The van der Waals surface area contributed by atoms with Crippen molar-refractivity contribution in [1.29, 1.82) is 0 Å². The first kappa shape index (κ1) is 15.6. The molecule has 1 aliphatic carbocycles. The average molecular weight is 309 g/mol. The predicted octanol–water partition coefficient (Wildman–Crippen LogP) is 2.65. The van der Waals surface area contributed by atoms with Crippen LogP contribution in [0.15, 0.2) is 18.2 Å². The Morgan fingerprint density at radius 2 is 2.19 bits per heavy atom. The molecule has 1 aromatic rings. The van der Waals surface area contributed by atoms with E-state index in [2.05, 4.69) is 16.9 Å². The predicted molar refractivity (Wildman–Crippen MR) is 85.1 cm³/mol. The first-order valence-electron chi connectivity index (χ1n) is 6.81. The third-order valence-corrected chi connectivity index (χ3v) is 5.40. The molecule has 1 aliphatic rings. The van der Waals surface area contributed by atoms with Crippen molar-refractivity contribution in [2.45, 2.75) is 24.0 Å². The fraction of sp³-hybridized carbons (Fsp3) is 0.500. The molecule has 7 heteroatoms. The summed E-state index contributed by atoms with van der Waals surface area (Å²) in [5, 5.41) is 16.8. The minimum Gasteiger partial charge on any atom is -0.378 e. The molecule has 0 aromatic heterocycles. The van der Waals surface area contributed by atoms with Crippen LogP contribution >= 0.6 is 11.8 Å². The zero-order chi connectivity index (χ0) is 15.5. The highest BCUT2D eigenvalue weighted by molar-refractivity contribution is 8.00. The molecular formula is C14H19N3O3S. The lowest BCUT2D eigenvalue weighted by Gasteiger charge is -2.40. The van der Waals surface area contributed by atoms with Crippen LogP contribution in [0, 0.1) is 10.1 Å². The van der Waals surface area contributed by atoms with E-state index in [4.69, 9.17) is 0 Å². The van der Waals surface area contributed by atoms with E-state index in [1.54, 1.807) is 17.8 Å². The summed E-state index contributed by atoms with van der Waals surface area (Å²) in [5.41, 5.74) is 0.817. The van der Waals surface area contributed by atoms with E-state index < -0.39 is 4.92 Å². The van der Waals surface area contributed by atoms with E-state index >= 15 is 0 Å². The SMILES string of the molecule is CNC(=O)c1ccc([N+](=O)[O-])c(NCC2(SC)CCC2)c1. The van der Waals surface area contributed by atoms with Crippen LogP contribution < -0.4 is 10.6 Å². The zero-order valence-corrected chi connectivity index (χ0v) is 13.0. The van der Waals surface area contributed by atoms with E-state index in [-0.39, 0.29) is 16.3 Å². The molecule has 0 saturated heterocycles. The first-order valence-corrected chi connectivity index (χ1v) is 8.03. The van der Waals surface area contributed by atoms with E-state index in [0.29, 0.717) is 17.8 Å². The standard InChI is InChI=1S/C14H19N3O3S/c1-15-13(18)10-4-5-12(17(19)20)11(8-10)16-9-14(21-2)6-3-7-14/h4-5,8,16H,3,6-7,9H2,1-2H3,(H,15,18). The monoisotopic (exact) mass is 309 g/mol. The largest absolute Gasteiger partial charge is 0.378 e. The molecule has 1 aromatic carbocycles. The van der Waals surface area contributed by atoms with Gasteiger partial charge >= 0.3 is 0 Å². The number of anilines is 1. The van der Waals surface area contributed by atoms with Gasteiger partial charge in [-0.25, -0.2) is 0 Å². The van der Waals surface area contributed by atoms with Gasteiger partial charge in [0.1, 0.15) is 5.69 Å². The highest BCUT2D eigenvalue weighted by atomic mass is 32.2. The van der Waals surface area contributed by atoms with Crippen molar-refractivity contribution in [2.75, 3.05) is 25.2 Å². The first-order chi connectivity index (χ1) is 10.0. The molecule has 114 valence electrons.